The largest absolute Gasteiger partial charge is 0.468 e. The first kappa shape index (κ1) is 50.4. The van der Waals surface area contributed by atoms with Crippen LogP contribution in [0.5, 0.6) is 5.88 Å². The third-order valence-corrected chi connectivity index (χ3v) is 19.4. The summed E-state index contributed by atoms with van der Waals surface area (Å²) in [5, 5.41) is 26.8. The fourth-order valence-electron chi connectivity index (χ4n) is 13.5. The average Bonchev–Trinajstić information content (AvgIpc) is 3.70. The number of H-pyrrole nitrogens is 1. The molecule has 6 atom stereocenters. The highest BCUT2D eigenvalue weighted by Crippen LogP contribution is 2.65. The number of amides is 1. The van der Waals surface area contributed by atoms with Gasteiger partial charge in [-0.1, -0.05) is 38.1 Å². The second-order valence-electron chi connectivity index (χ2n) is 22.8. The summed E-state index contributed by atoms with van der Waals surface area (Å²) < 4.78 is 49.5. The average molecular weight is 1030 g/mol. The quantitative estimate of drug-likeness (QED) is 0.0720. The first-order valence-corrected chi connectivity index (χ1v) is 28.0. The normalized spacial score (nSPS) is 29.1. The molecule has 17 nitrogen and oxygen atoms in total. The van der Waals surface area contributed by atoms with E-state index in [0.717, 1.165) is 75.4 Å². The summed E-state index contributed by atoms with van der Waals surface area (Å²) >= 11 is 0. The Balaban J connectivity index is 0.898. The highest BCUT2D eigenvalue weighted by atomic mass is 32.2. The number of nitro groups is 1. The van der Waals surface area contributed by atoms with E-state index in [2.05, 4.69) is 81.7 Å². The second kappa shape index (κ2) is 19.4. The first-order valence-electron chi connectivity index (χ1n) is 26.6. The Labute approximate surface area is 433 Å². The molecule has 2 saturated carbocycles. The SMILES string of the molecule is Cc1ccccc1[C@@H]1COCCCN1[C@H]1C[C@]2(CCN(c3ccc(C(=O)NS(=O)(=O)c4ccc(NC[C@H]5CC[C@](C)(O)CC5)c([N+](=O)[O-])c4)c(N4c5cc6cc[nH]c6nc5O[C@H]5COCC[C@@H]54)c3)[C@H](C)C2)C1(C)C. The van der Waals surface area contributed by atoms with Crippen LogP contribution in [-0.4, -0.2) is 115 Å². The van der Waals surface area contributed by atoms with E-state index in [1.54, 1.807) is 6.07 Å². The van der Waals surface area contributed by atoms with Crippen molar-refractivity contribution < 1.29 is 37.5 Å². The number of aromatic amines is 1. The molecule has 3 saturated heterocycles. The Morgan fingerprint density at radius 3 is 2.51 bits per heavy atom. The number of anilines is 4. The highest BCUT2D eigenvalue weighted by Gasteiger charge is 2.63. The zero-order chi connectivity index (χ0) is 51.7. The number of pyridine rings is 1. The minimum absolute atomic E-state index is 0.0274. The van der Waals surface area contributed by atoms with Crippen LogP contribution >= 0.6 is 0 Å². The molecule has 1 amide bonds. The van der Waals surface area contributed by atoms with Crippen LogP contribution < -0.4 is 24.6 Å². The van der Waals surface area contributed by atoms with Crippen molar-refractivity contribution >= 4 is 55.4 Å². The van der Waals surface area contributed by atoms with E-state index >= 15 is 0 Å². The topological polar surface area (TPSA) is 205 Å². The van der Waals surface area contributed by atoms with Crippen molar-refractivity contribution in [3.05, 3.63) is 106 Å². The molecule has 2 aliphatic carbocycles. The van der Waals surface area contributed by atoms with Gasteiger partial charge < -0.3 is 39.4 Å². The Morgan fingerprint density at radius 1 is 0.946 bits per heavy atom. The van der Waals surface area contributed by atoms with Crippen LogP contribution in [0, 0.1) is 33.8 Å². The van der Waals surface area contributed by atoms with Crippen LogP contribution in [0.4, 0.5) is 28.4 Å². The predicted molar refractivity (Wildman–Crippen MR) is 284 cm³/mol. The number of nitro benzene ring substituents is 1. The number of hydrogen-bond acceptors (Lipinski definition) is 14. The maximum Gasteiger partial charge on any atom is 0.293 e. The summed E-state index contributed by atoms with van der Waals surface area (Å²) in [6, 6.07) is 22.3. The maximum atomic E-state index is 14.8. The number of hydrogen-bond donors (Lipinski definition) is 4. The molecular formula is C56H70N8O9S. The molecule has 1 spiro atoms. The molecule has 6 heterocycles. The van der Waals surface area contributed by atoms with Crippen molar-refractivity contribution in [2.24, 2.45) is 16.7 Å². The number of piperidine rings is 1. The van der Waals surface area contributed by atoms with Gasteiger partial charge in [0, 0.05) is 68.3 Å². The molecule has 11 rings (SSSR count). The Bertz CT molecular complexity index is 3060. The van der Waals surface area contributed by atoms with E-state index < -0.39 is 43.1 Å². The summed E-state index contributed by atoms with van der Waals surface area (Å²) in [5.74, 6) is -0.324. The molecule has 4 aliphatic heterocycles. The zero-order valence-corrected chi connectivity index (χ0v) is 44.0. The lowest BCUT2D eigenvalue weighted by atomic mass is 9.43. The fourth-order valence-corrected chi connectivity index (χ4v) is 14.5. The van der Waals surface area contributed by atoms with E-state index in [0.29, 0.717) is 74.6 Å². The van der Waals surface area contributed by atoms with Gasteiger partial charge in [-0.2, -0.15) is 4.98 Å². The van der Waals surface area contributed by atoms with Crippen molar-refractivity contribution in [2.45, 2.75) is 133 Å². The number of aromatic nitrogens is 2. The summed E-state index contributed by atoms with van der Waals surface area (Å²) in [6.07, 6.45) is 8.79. The first-order chi connectivity index (χ1) is 35.4. The fraction of sp³-hybridized carbons (Fsp3) is 0.536. The molecule has 0 radical (unpaired) electrons. The molecule has 6 aliphatic rings. The molecule has 394 valence electrons. The van der Waals surface area contributed by atoms with E-state index in [9.17, 15) is 28.4 Å². The number of carbonyl (C=O) groups excluding carboxylic acids is 1. The Morgan fingerprint density at radius 2 is 1.74 bits per heavy atom. The molecule has 0 unspecified atom stereocenters. The van der Waals surface area contributed by atoms with E-state index in [-0.39, 0.29) is 46.1 Å². The molecule has 2 aromatic heterocycles. The number of carbonyl (C=O) groups is 1. The van der Waals surface area contributed by atoms with Gasteiger partial charge in [-0.05, 0) is 149 Å². The van der Waals surface area contributed by atoms with Crippen LogP contribution in [-0.2, 0) is 19.5 Å². The number of fused-ring (bicyclic) bond motifs is 3. The molecular weight excluding hydrogens is 961 g/mol. The van der Waals surface area contributed by atoms with Crippen molar-refractivity contribution in [2.75, 3.05) is 61.2 Å². The van der Waals surface area contributed by atoms with Crippen LogP contribution in [0.2, 0.25) is 0 Å². The van der Waals surface area contributed by atoms with E-state index in [1.807, 2.05) is 37.4 Å². The molecule has 18 heteroatoms. The zero-order valence-electron chi connectivity index (χ0n) is 43.1. The lowest BCUT2D eigenvalue weighted by molar-refractivity contribution is -0.384. The summed E-state index contributed by atoms with van der Waals surface area (Å²) in [4.78, 5) is 41.5. The third kappa shape index (κ3) is 9.17. The number of nitrogens with zero attached hydrogens (tertiary/aromatic N) is 5. The third-order valence-electron chi connectivity index (χ3n) is 18.1. The number of aryl methyl sites for hydroxylation is 1. The predicted octanol–water partition coefficient (Wildman–Crippen LogP) is 9.18. The van der Waals surface area contributed by atoms with Gasteiger partial charge in [0.25, 0.3) is 21.6 Å². The highest BCUT2D eigenvalue weighted by molar-refractivity contribution is 7.90. The lowest BCUT2D eigenvalue weighted by Crippen LogP contribution is -2.68. The van der Waals surface area contributed by atoms with Gasteiger partial charge in [-0.15, -0.1) is 0 Å². The number of aliphatic hydroxyl groups is 1. The van der Waals surface area contributed by atoms with Gasteiger partial charge in [0.1, 0.15) is 23.1 Å². The molecule has 5 aromatic rings. The van der Waals surface area contributed by atoms with Gasteiger partial charge in [0.2, 0.25) is 5.88 Å². The molecule has 0 bridgehead atoms. The van der Waals surface area contributed by atoms with Gasteiger partial charge >= 0.3 is 0 Å². The number of ether oxygens (including phenoxy) is 3. The monoisotopic (exact) mass is 1030 g/mol. The Kier molecular flexibility index (Phi) is 13.2. The summed E-state index contributed by atoms with van der Waals surface area (Å²) in [5.41, 5.74) is 4.60. The maximum absolute atomic E-state index is 14.8. The van der Waals surface area contributed by atoms with E-state index in [4.69, 9.17) is 19.2 Å². The van der Waals surface area contributed by atoms with Crippen LogP contribution in [0.3, 0.4) is 0 Å². The van der Waals surface area contributed by atoms with E-state index in [1.165, 1.54) is 23.3 Å². The van der Waals surface area contributed by atoms with Crippen molar-refractivity contribution in [3.63, 3.8) is 0 Å². The second-order valence-corrected chi connectivity index (χ2v) is 24.5. The number of rotatable bonds is 11. The number of sulfonamides is 1. The van der Waals surface area contributed by atoms with Gasteiger partial charge in [-0.25, -0.2) is 13.1 Å². The van der Waals surface area contributed by atoms with Crippen molar-refractivity contribution in [1.82, 2.24) is 19.6 Å². The van der Waals surface area contributed by atoms with Gasteiger partial charge in [0.15, 0.2) is 0 Å². The van der Waals surface area contributed by atoms with Crippen LogP contribution in [0.1, 0.15) is 113 Å². The van der Waals surface area contributed by atoms with Crippen LogP contribution in [0.25, 0.3) is 11.0 Å². The van der Waals surface area contributed by atoms with Crippen LogP contribution in [0.15, 0.2) is 83.9 Å². The minimum Gasteiger partial charge on any atom is -0.468 e. The van der Waals surface area contributed by atoms with Gasteiger partial charge in [-0.3, -0.25) is 19.8 Å². The smallest absolute Gasteiger partial charge is 0.293 e. The summed E-state index contributed by atoms with van der Waals surface area (Å²) in [7, 11) is -4.64. The molecule has 5 fully saturated rings. The van der Waals surface area contributed by atoms with Crippen molar-refractivity contribution in [3.8, 4) is 5.88 Å². The number of nitrogens with one attached hydrogen (secondary N) is 3. The minimum atomic E-state index is -4.64. The molecule has 3 aromatic carbocycles. The van der Waals surface area contributed by atoms with Crippen molar-refractivity contribution in [1.29, 1.82) is 0 Å². The number of benzene rings is 3. The Hall–Kier alpha value is -5.79. The summed E-state index contributed by atoms with van der Waals surface area (Å²) in [6.45, 7) is 15.7. The standard InChI is InChI=1S/C56H70N8O9S/c1-35-9-6-7-10-41(35)48-33-71-25-8-23-62(48)50-31-56(54(50,3)4)21-24-61(36(2)30-56)39-11-13-42(45(28-39)63-44-18-26-72-34-49(44)73-53-47(63)27-38-17-22-57-51(38)59-53)52(65)60-74(69,70)40-12-14-43(46(29-40)64(67)68)58-32-37-15-19-55(5,66)20-16-37/h6-7,9-14,17,22,27-29,36-37,44,48-50,58,66H,8,15-16,18-21,23-26,30-34H2,1-5H3,(H,57,59)(H,60,65)/t36-,37-,44+,48+,49+,50+,55-,56-/m1/s1. The lowest BCUT2D eigenvalue weighted by Gasteiger charge is -2.68. The molecule has 4 N–H and O–H groups in total. The van der Waals surface area contributed by atoms with Gasteiger partial charge in [0.05, 0.1) is 52.0 Å². The molecule has 74 heavy (non-hydrogen) atoms.